The Labute approximate surface area is 361 Å². The summed E-state index contributed by atoms with van der Waals surface area (Å²) in [5.41, 5.74) is -2.29. The van der Waals surface area contributed by atoms with Gasteiger partial charge >= 0.3 is 24.7 Å². The Hall–Kier alpha value is -6.59. The van der Waals surface area contributed by atoms with E-state index in [9.17, 15) is 56.9 Å². The van der Waals surface area contributed by atoms with Crippen LogP contribution in [-0.2, 0) is 50.4 Å². The van der Waals surface area contributed by atoms with Gasteiger partial charge in [-0.2, -0.15) is 85.1 Å². The van der Waals surface area contributed by atoms with Crippen molar-refractivity contribution < 1.29 is 56.9 Å². The summed E-state index contributed by atoms with van der Waals surface area (Å²) in [5.74, 6) is 1.10. The molecule has 0 amide bonds. The molecular formula is C47H33BF12N2OS. The van der Waals surface area contributed by atoms with Gasteiger partial charge in [-0.15, -0.1) is 4.21 Å². The molecule has 330 valence electrons. The van der Waals surface area contributed by atoms with Crippen LogP contribution >= 0.6 is 0 Å². The van der Waals surface area contributed by atoms with E-state index in [4.69, 9.17) is 10.5 Å². The maximum Gasteiger partial charge on any atom is 0.416 e. The van der Waals surface area contributed by atoms with Gasteiger partial charge in [-0.25, -0.2) is 0 Å². The van der Waals surface area contributed by atoms with E-state index in [0.29, 0.717) is 60.0 Å². The summed E-state index contributed by atoms with van der Waals surface area (Å²) in [6, 6.07) is 36.5. The van der Waals surface area contributed by atoms with E-state index in [1.807, 2.05) is 72.8 Å². The second-order valence-electron chi connectivity index (χ2n) is 14.6. The van der Waals surface area contributed by atoms with Gasteiger partial charge in [0, 0.05) is 11.1 Å². The van der Waals surface area contributed by atoms with Crippen molar-refractivity contribution in [2.24, 2.45) is 0 Å². The van der Waals surface area contributed by atoms with Gasteiger partial charge in [0.2, 0.25) is 0 Å². The molecule has 0 radical (unpaired) electrons. The number of allylic oxidation sites excluding steroid dienone is 1. The highest BCUT2D eigenvalue weighted by Crippen LogP contribution is 2.32. The lowest BCUT2D eigenvalue weighted by Gasteiger charge is -2.44. The Bertz CT molecular complexity index is 2350. The maximum absolute atomic E-state index is 13.4. The quantitative estimate of drug-likeness (QED) is 0.0595. The van der Waals surface area contributed by atoms with Gasteiger partial charge in [0.25, 0.3) is 0 Å². The number of benzene rings is 6. The van der Waals surface area contributed by atoms with E-state index in [0.717, 1.165) is 59.7 Å². The molecule has 6 rings (SSSR count). The van der Waals surface area contributed by atoms with Crippen LogP contribution in [0, 0.1) is 22.7 Å². The van der Waals surface area contributed by atoms with Crippen LogP contribution in [0.2, 0.25) is 0 Å². The lowest BCUT2D eigenvalue weighted by Crippen LogP contribution is -2.74. The van der Waals surface area contributed by atoms with Gasteiger partial charge in [-0.05, 0) is 6.08 Å². The van der Waals surface area contributed by atoms with Crippen molar-refractivity contribution in [3.05, 3.63) is 203 Å². The summed E-state index contributed by atoms with van der Waals surface area (Å²) in [4.78, 5) is 0. The zero-order valence-corrected chi connectivity index (χ0v) is 33.9. The molecule has 0 saturated carbocycles. The first-order valence-corrected chi connectivity index (χ1v) is 21.0. The molecular weight excluding hydrogens is 879 g/mol. The Balaban J connectivity index is 0.000000283. The molecule has 0 fully saturated rings. The molecule has 0 aliphatic heterocycles. The second-order valence-corrected chi connectivity index (χ2v) is 17.4. The number of rotatable bonds is 10. The molecule has 0 aliphatic carbocycles. The summed E-state index contributed by atoms with van der Waals surface area (Å²) >= 11 is 0. The Morgan fingerprint density at radius 2 is 0.688 bits per heavy atom. The van der Waals surface area contributed by atoms with E-state index >= 15 is 0 Å². The van der Waals surface area contributed by atoms with Gasteiger partial charge in [0.1, 0.15) is 41.1 Å². The van der Waals surface area contributed by atoms with Crippen molar-refractivity contribution >= 4 is 37.9 Å². The van der Waals surface area contributed by atoms with Crippen LogP contribution in [0.3, 0.4) is 0 Å². The van der Waals surface area contributed by atoms with Crippen molar-refractivity contribution in [1.82, 2.24) is 0 Å². The Morgan fingerprint density at radius 3 is 0.906 bits per heavy atom. The third-order valence-corrected chi connectivity index (χ3v) is 12.8. The van der Waals surface area contributed by atoms with Crippen LogP contribution in [0.4, 0.5) is 52.7 Å². The van der Waals surface area contributed by atoms with Crippen LogP contribution in [0.15, 0.2) is 169 Å². The Kier molecular flexibility index (Phi) is 14.7. The fraction of sp³-hybridized carbons (Fsp3) is 0.149. The van der Waals surface area contributed by atoms with Crippen LogP contribution in [0.25, 0.3) is 0 Å². The van der Waals surface area contributed by atoms with E-state index in [-0.39, 0.29) is 33.2 Å². The molecule has 6 aromatic carbocycles. The van der Waals surface area contributed by atoms with Gasteiger partial charge in [0.05, 0.1) is 32.2 Å². The zero-order chi connectivity index (χ0) is 47.0. The lowest BCUT2D eigenvalue weighted by molar-refractivity contribution is -0.138. The standard InChI is InChI=1S/C28H16BF12.C19H17N2OS/c30-25(31,32)17-1-9-21(10-2-17)29(22-11-3-18(4-12-22)26(33,34)35,23-13-5-19(6-14-23)27(36,37)38)24-15-7-20(8-16-24)28(39,40)41;20-13-19(14-21)11-12-23(22,15-17-7-3-1-4-8-17)16-18-9-5-2-6-10-18/h1-16H;1-11H,12,15-16H2/q-1;+1. The first-order valence-electron chi connectivity index (χ1n) is 18.9. The first-order chi connectivity index (χ1) is 30.0. The van der Waals surface area contributed by atoms with Crippen LogP contribution < -0.4 is 21.9 Å². The normalized spacial score (nSPS) is 12.3. The molecule has 64 heavy (non-hydrogen) atoms. The highest BCUT2D eigenvalue weighted by Gasteiger charge is 2.38. The summed E-state index contributed by atoms with van der Waals surface area (Å²) in [7, 11) is -2.29. The molecule has 3 nitrogen and oxygen atoms in total. The van der Waals surface area contributed by atoms with E-state index in [1.54, 1.807) is 0 Å². The molecule has 0 atom stereocenters. The SMILES string of the molecule is FC(F)(F)c1ccc([B-](c2ccc(C(F)(F)F)cc2)(c2ccc(C(F)(F)F)cc2)c2ccc(C(F)(F)F)cc2)cc1.N#CC(C#N)=CC[S+](=O)(Cc1ccccc1)Cc1ccccc1. The van der Waals surface area contributed by atoms with Crippen LogP contribution in [0.5, 0.6) is 0 Å². The first kappa shape index (κ1) is 48.4. The molecule has 0 unspecified atom stereocenters. The number of nitrogens with zero attached hydrogens (tertiary/aromatic N) is 2. The van der Waals surface area contributed by atoms with E-state index in [1.165, 1.54) is 6.08 Å². The maximum atomic E-state index is 13.4. The average molecular weight is 913 g/mol. The molecule has 0 aliphatic rings. The highest BCUT2D eigenvalue weighted by molar-refractivity contribution is 8.01. The number of hydrogen-bond acceptors (Lipinski definition) is 3. The van der Waals surface area contributed by atoms with Gasteiger partial charge in [-0.1, -0.05) is 158 Å². The Morgan fingerprint density at radius 1 is 0.438 bits per heavy atom. The minimum absolute atomic E-state index is 0.0114. The number of halogens is 12. The summed E-state index contributed by atoms with van der Waals surface area (Å²) in [6.45, 7) is 0. The van der Waals surface area contributed by atoms with E-state index < -0.39 is 63.0 Å². The second kappa shape index (κ2) is 19.4. The largest absolute Gasteiger partial charge is 0.416 e. The lowest BCUT2D eigenvalue weighted by atomic mass is 9.13. The number of nitriles is 2. The monoisotopic (exact) mass is 912 g/mol. The van der Waals surface area contributed by atoms with Crippen molar-refractivity contribution in [1.29, 1.82) is 10.5 Å². The molecule has 17 heteroatoms. The van der Waals surface area contributed by atoms with Crippen molar-refractivity contribution in [2.45, 2.75) is 36.2 Å². The summed E-state index contributed by atoms with van der Waals surface area (Å²) in [6.07, 6.45) is -20.5. The van der Waals surface area contributed by atoms with Crippen molar-refractivity contribution in [2.75, 3.05) is 5.75 Å². The fourth-order valence-electron chi connectivity index (χ4n) is 7.27. The molecule has 0 saturated heterocycles. The minimum atomic E-state index is -4.77. The molecule has 6 aromatic rings. The predicted molar refractivity (Wildman–Crippen MR) is 223 cm³/mol. The van der Waals surface area contributed by atoms with Gasteiger partial charge in [0.15, 0.2) is 0 Å². The molecule has 0 N–H and O–H groups in total. The van der Waals surface area contributed by atoms with Crippen molar-refractivity contribution in [3.63, 3.8) is 0 Å². The highest BCUT2D eigenvalue weighted by atomic mass is 32.2. The van der Waals surface area contributed by atoms with Crippen LogP contribution in [-0.4, -0.2) is 11.9 Å². The fourth-order valence-corrected chi connectivity index (χ4v) is 9.68. The number of alkyl halides is 12. The van der Waals surface area contributed by atoms with Crippen LogP contribution in [0.1, 0.15) is 33.4 Å². The molecule has 0 aromatic heterocycles. The molecule has 0 bridgehead atoms. The number of hydrogen-bond donors (Lipinski definition) is 0. The summed E-state index contributed by atoms with van der Waals surface area (Å²) in [5, 5.41) is 17.7. The zero-order valence-electron chi connectivity index (χ0n) is 33.0. The van der Waals surface area contributed by atoms with Crippen molar-refractivity contribution in [3.8, 4) is 12.1 Å². The third kappa shape index (κ3) is 11.9. The van der Waals surface area contributed by atoms with E-state index in [2.05, 4.69) is 0 Å². The van der Waals surface area contributed by atoms with Gasteiger partial charge < -0.3 is 0 Å². The predicted octanol–water partition coefficient (Wildman–Crippen LogP) is 11.0. The smallest absolute Gasteiger partial charge is 0.195 e. The third-order valence-electron chi connectivity index (χ3n) is 10.3. The molecule has 0 spiro atoms. The van der Waals surface area contributed by atoms with Gasteiger partial charge in [-0.3, -0.25) is 0 Å². The average Bonchev–Trinajstić information content (AvgIpc) is 3.25. The minimum Gasteiger partial charge on any atom is -0.195 e. The summed E-state index contributed by atoms with van der Waals surface area (Å²) < 4.78 is 173. The topological polar surface area (TPSA) is 64.7 Å². The molecule has 0 heterocycles.